The van der Waals surface area contributed by atoms with Gasteiger partial charge in [0.05, 0.1) is 5.02 Å². The molecule has 1 N–H and O–H groups in total. The van der Waals surface area contributed by atoms with Crippen molar-refractivity contribution in [1.82, 2.24) is 9.97 Å². The second-order valence-electron chi connectivity index (χ2n) is 6.78. The molecule has 0 atom stereocenters. The number of aryl methyl sites for hydroxylation is 1. The van der Waals surface area contributed by atoms with Crippen LogP contribution in [0, 0.1) is 12.7 Å². The molecule has 0 unspecified atom stereocenters. The van der Waals surface area contributed by atoms with E-state index in [0.29, 0.717) is 17.0 Å². The van der Waals surface area contributed by atoms with Gasteiger partial charge in [0.1, 0.15) is 11.6 Å². The first kappa shape index (κ1) is 20.5. The number of benzene rings is 3. The van der Waals surface area contributed by atoms with E-state index in [1.807, 2.05) is 31.2 Å². The summed E-state index contributed by atoms with van der Waals surface area (Å²) in [7, 11) is 0. The number of nitrogens with one attached hydrogen (secondary N) is 1. The molecule has 0 saturated carbocycles. The maximum Gasteiger partial charge on any atom is 0.321 e. The first-order valence-electron chi connectivity index (χ1n) is 9.42. The van der Waals surface area contributed by atoms with Gasteiger partial charge in [-0.3, -0.25) is 4.79 Å². The van der Waals surface area contributed by atoms with Crippen LogP contribution in [0.25, 0.3) is 11.1 Å². The Morgan fingerprint density at radius 3 is 2.39 bits per heavy atom. The van der Waals surface area contributed by atoms with E-state index >= 15 is 0 Å². The molecule has 7 heteroatoms. The van der Waals surface area contributed by atoms with E-state index in [0.717, 1.165) is 16.7 Å². The van der Waals surface area contributed by atoms with Crippen LogP contribution >= 0.6 is 11.6 Å². The molecular weight excluding hydrogens is 417 g/mol. The van der Waals surface area contributed by atoms with Crippen molar-refractivity contribution in [1.29, 1.82) is 0 Å². The zero-order valence-electron chi connectivity index (χ0n) is 16.5. The van der Waals surface area contributed by atoms with E-state index in [4.69, 9.17) is 16.3 Å². The van der Waals surface area contributed by atoms with Gasteiger partial charge in [-0.15, -0.1) is 0 Å². The molecule has 1 amide bonds. The molecule has 5 nitrogen and oxygen atoms in total. The Bertz CT molecular complexity index is 1230. The number of anilines is 1. The van der Waals surface area contributed by atoms with Gasteiger partial charge in [-0.2, -0.15) is 0 Å². The normalized spacial score (nSPS) is 10.5. The minimum Gasteiger partial charge on any atom is -0.424 e. The minimum absolute atomic E-state index is 0.0602. The molecule has 0 bridgehead atoms. The lowest BCUT2D eigenvalue weighted by Gasteiger charge is -2.08. The first-order chi connectivity index (χ1) is 15.0. The van der Waals surface area contributed by atoms with E-state index in [1.54, 1.807) is 36.7 Å². The zero-order valence-corrected chi connectivity index (χ0v) is 17.2. The van der Waals surface area contributed by atoms with Gasteiger partial charge in [0.2, 0.25) is 0 Å². The monoisotopic (exact) mass is 433 g/mol. The quantitative estimate of drug-likeness (QED) is 0.401. The summed E-state index contributed by atoms with van der Waals surface area (Å²) in [5.41, 5.74) is 3.91. The Hall–Kier alpha value is -3.77. The Kier molecular flexibility index (Phi) is 5.91. The van der Waals surface area contributed by atoms with E-state index < -0.39 is 5.82 Å². The lowest BCUT2D eigenvalue weighted by molar-refractivity contribution is 0.102. The summed E-state index contributed by atoms with van der Waals surface area (Å²) in [6.07, 6.45) is 3.42. The average Bonchev–Trinajstić information content (AvgIpc) is 2.78. The van der Waals surface area contributed by atoms with Crippen molar-refractivity contribution < 1.29 is 13.9 Å². The number of amides is 1. The smallest absolute Gasteiger partial charge is 0.321 e. The number of ether oxygens (including phenoxy) is 1. The summed E-state index contributed by atoms with van der Waals surface area (Å²) >= 11 is 5.74. The van der Waals surface area contributed by atoms with E-state index in [2.05, 4.69) is 15.3 Å². The van der Waals surface area contributed by atoms with Gasteiger partial charge in [0.25, 0.3) is 5.91 Å². The molecule has 1 aromatic heterocycles. The van der Waals surface area contributed by atoms with Crippen LogP contribution in [0.15, 0.2) is 79.1 Å². The Morgan fingerprint density at radius 1 is 1.00 bits per heavy atom. The second-order valence-corrected chi connectivity index (χ2v) is 7.19. The van der Waals surface area contributed by atoms with Crippen LogP contribution < -0.4 is 10.1 Å². The fourth-order valence-corrected chi connectivity index (χ4v) is 3.14. The van der Waals surface area contributed by atoms with Crippen molar-refractivity contribution in [2.24, 2.45) is 0 Å². The molecule has 4 rings (SSSR count). The van der Waals surface area contributed by atoms with Crippen LogP contribution in [0.4, 0.5) is 10.1 Å². The van der Waals surface area contributed by atoms with Gasteiger partial charge in [-0.25, -0.2) is 14.4 Å². The average molecular weight is 434 g/mol. The van der Waals surface area contributed by atoms with Crippen LogP contribution in [0.5, 0.6) is 11.8 Å². The number of carbonyl (C=O) groups is 1. The Labute approximate surface area is 183 Å². The molecule has 154 valence electrons. The third-order valence-electron chi connectivity index (χ3n) is 4.59. The molecule has 4 aromatic rings. The summed E-state index contributed by atoms with van der Waals surface area (Å²) in [5, 5.41) is 2.61. The summed E-state index contributed by atoms with van der Waals surface area (Å²) in [5.74, 6) is -0.409. The molecule has 3 aromatic carbocycles. The van der Waals surface area contributed by atoms with Crippen molar-refractivity contribution in [3.05, 3.63) is 101 Å². The number of nitrogens with zero attached hydrogens (tertiary/aromatic N) is 2. The highest BCUT2D eigenvalue weighted by Gasteiger charge is 2.09. The number of aromatic nitrogens is 2. The Balaban J connectivity index is 1.42. The summed E-state index contributed by atoms with van der Waals surface area (Å²) in [6.45, 7) is 2.03. The van der Waals surface area contributed by atoms with E-state index in [-0.39, 0.29) is 16.9 Å². The molecule has 0 saturated heterocycles. The third kappa shape index (κ3) is 4.87. The molecule has 0 fully saturated rings. The SMILES string of the molecule is Cc1ccccc1-c1cnc(Oc2ccc(C(=O)Nc3ccc(F)c(Cl)c3)cc2)nc1. The maximum atomic E-state index is 13.2. The largest absolute Gasteiger partial charge is 0.424 e. The standard InChI is InChI=1S/C24H17ClFN3O2/c1-15-4-2-3-5-20(15)17-13-27-24(28-14-17)31-19-9-6-16(7-10-19)23(30)29-18-8-11-22(26)21(25)12-18/h2-14H,1H3,(H,29,30). The number of carbonyl (C=O) groups excluding carboxylic acids is 1. The predicted molar refractivity (Wildman–Crippen MR) is 118 cm³/mol. The van der Waals surface area contributed by atoms with Crippen molar-refractivity contribution in [2.75, 3.05) is 5.32 Å². The molecular formula is C24H17ClFN3O2. The van der Waals surface area contributed by atoms with Crippen molar-refractivity contribution in [3.8, 4) is 22.9 Å². The van der Waals surface area contributed by atoms with Gasteiger partial charge in [0.15, 0.2) is 0 Å². The first-order valence-corrected chi connectivity index (χ1v) is 9.80. The molecule has 0 spiro atoms. The van der Waals surface area contributed by atoms with Crippen molar-refractivity contribution in [2.45, 2.75) is 6.92 Å². The highest BCUT2D eigenvalue weighted by Crippen LogP contribution is 2.24. The Morgan fingerprint density at radius 2 is 1.71 bits per heavy atom. The predicted octanol–water partition coefficient (Wildman–Crippen LogP) is 6.29. The van der Waals surface area contributed by atoms with Crippen LogP contribution in [0.1, 0.15) is 15.9 Å². The van der Waals surface area contributed by atoms with E-state index in [1.165, 1.54) is 18.2 Å². The van der Waals surface area contributed by atoms with Gasteiger partial charge < -0.3 is 10.1 Å². The van der Waals surface area contributed by atoms with Crippen LogP contribution in [-0.4, -0.2) is 15.9 Å². The summed E-state index contributed by atoms with van der Waals surface area (Å²) < 4.78 is 18.9. The van der Waals surface area contributed by atoms with Gasteiger partial charge in [0, 0.05) is 29.2 Å². The highest BCUT2D eigenvalue weighted by molar-refractivity contribution is 6.31. The summed E-state index contributed by atoms with van der Waals surface area (Å²) in [4.78, 5) is 20.9. The molecule has 1 heterocycles. The second kappa shape index (κ2) is 8.93. The van der Waals surface area contributed by atoms with E-state index in [9.17, 15) is 9.18 Å². The van der Waals surface area contributed by atoms with Crippen LogP contribution in [0.3, 0.4) is 0 Å². The summed E-state index contributed by atoms with van der Waals surface area (Å²) in [6, 6.07) is 18.7. The molecule has 0 aliphatic carbocycles. The fraction of sp³-hybridized carbons (Fsp3) is 0.0417. The molecule has 0 aliphatic rings. The zero-order chi connectivity index (χ0) is 21.8. The van der Waals surface area contributed by atoms with Gasteiger partial charge in [-0.1, -0.05) is 35.9 Å². The van der Waals surface area contributed by atoms with Gasteiger partial charge >= 0.3 is 6.01 Å². The minimum atomic E-state index is -0.546. The third-order valence-corrected chi connectivity index (χ3v) is 4.88. The van der Waals surface area contributed by atoms with Crippen LogP contribution in [0.2, 0.25) is 5.02 Å². The number of hydrogen-bond donors (Lipinski definition) is 1. The van der Waals surface area contributed by atoms with Crippen molar-refractivity contribution >= 4 is 23.2 Å². The number of hydrogen-bond acceptors (Lipinski definition) is 4. The highest BCUT2D eigenvalue weighted by atomic mass is 35.5. The van der Waals surface area contributed by atoms with Crippen LogP contribution in [-0.2, 0) is 0 Å². The molecule has 0 radical (unpaired) electrons. The van der Waals surface area contributed by atoms with Crippen molar-refractivity contribution in [3.63, 3.8) is 0 Å². The lowest BCUT2D eigenvalue weighted by Crippen LogP contribution is -2.11. The van der Waals surface area contributed by atoms with Gasteiger partial charge in [-0.05, 0) is 60.5 Å². The number of rotatable bonds is 5. The lowest BCUT2D eigenvalue weighted by atomic mass is 10.0. The number of halogens is 2. The topological polar surface area (TPSA) is 64.1 Å². The molecule has 31 heavy (non-hydrogen) atoms. The maximum absolute atomic E-state index is 13.2. The molecule has 0 aliphatic heterocycles. The fourth-order valence-electron chi connectivity index (χ4n) is 2.96.